The van der Waals surface area contributed by atoms with Gasteiger partial charge in [0.1, 0.15) is 0 Å². The van der Waals surface area contributed by atoms with Gasteiger partial charge in [0.05, 0.1) is 33.1 Å². The molecule has 4 nitrogen and oxygen atoms in total. The lowest BCUT2D eigenvalue weighted by Crippen LogP contribution is -2.13. The highest BCUT2D eigenvalue weighted by atomic mass is 15.0. The molecule has 0 N–H and O–H groups in total. The zero-order valence-electron chi connectivity index (χ0n) is 23.6. The van der Waals surface area contributed by atoms with E-state index >= 15 is 0 Å². The van der Waals surface area contributed by atoms with Crippen LogP contribution >= 0.6 is 0 Å². The van der Waals surface area contributed by atoms with E-state index in [0.29, 0.717) is 5.92 Å². The predicted molar refractivity (Wildman–Crippen MR) is 168 cm³/mol. The Kier molecular flexibility index (Phi) is 5.74. The molecule has 4 aromatic heterocycles. The molecule has 0 aliphatic heterocycles. The molecule has 0 spiro atoms. The van der Waals surface area contributed by atoms with E-state index in [4.69, 9.17) is 9.97 Å². The summed E-state index contributed by atoms with van der Waals surface area (Å²) in [6.45, 7) is 9.39. The molecule has 0 saturated heterocycles. The van der Waals surface area contributed by atoms with Gasteiger partial charge in [0.2, 0.25) is 0 Å². The molecule has 0 aliphatic rings. The number of nitrogens with zero attached hydrogens (tertiary/aromatic N) is 4. The van der Waals surface area contributed by atoms with Crippen LogP contribution < -0.4 is 0 Å². The average molecular weight is 523 g/mol. The molecule has 1 unspecified atom stereocenters. The first kappa shape index (κ1) is 24.6. The van der Waals surface area contributed by atoms with Crippen LogP contribution in [-0.4, -0.2) is 19.1 Å². The number of benzene rings is 3. The quantitative estimate of drug-likeness (QED) is 0.226. The summed E-state index contributed by atoms with van der Waals surface area (Å²) in [6, 6.07) is 32.7. The van der Waals surface area contributed by atoms with Gasteiger partial charge in [-0.2, -0.15) is 0 Å². The molecule has 7 rings (SSSR count). The maximum atomic E-state index is 4.79. The zero-order valence-corrected chi connectivity index (χ0v) is 23.6. The van der Waals surface area contributed by atoms with Crippen LogP contribution in [0.2, 0.25) is 0 Å². The predicted octanol–water partition coefficient (Wildman–Crippen LogP) is 9.29. The smallest absolute Gasteiger partial charge is 0.0963 e. The summed E-state index contributed by atoms with van der Waals surface area (Å²) in [4.78, 5) is 9.57. The first-order chi connectivity index (χ1) is 19.4. The maximum absolute atomic E-state index is 4.79. The van der Waals surface area contributed by atoms with Crippen molar-refractivity contribution in [2.45, 2.75) is 40.5 Å². The highest BCUT2D eigenvalue weighted by Crippen LogP contribution is 2.36. The monoisotopic (exact) mass is 522 g/mol. The van der Waals surface area contributed by atoms with Crippen LogP contribution in [0.15, 0.2) is 103 Å². The van der Waals surface area contributed by atoms with Gasteiger partial charge < -0.3 is 9.13 Å². The third-order valence-corrected chi connectivity index (χ3v) is 7.88. The second-order valence-electron chi connectivity index (χ2n) is 12.4. The molecular formula is C36H34N4. The first-order valence-corrected chi connectivity index (χ1v) is 14.2. The summed E-state index contributed by atoms with van der Waals surface area (Å²) < 4.78 is 4.76. The van der Waals surface area contributed by atoms with Crippen LogP contribution in [0.25, 0.3) is 55.2 Å². The van der Waals surface area contributed by atoms with Crippen LogP contribution in [0.3, 0.4) is 0 Å². The fourth-order valence-corrected chi connectivity index (χ4v) is 6.68. The minimum atomic E-state index is 0.289. The average Bonchev–Trinajstić information content (AvgIpc) is 3.45. The number of para-hydroxylation sites is 2. The van der Waals surface area contributed by atoms with Crippen molar-refractivity contribution in [1.29, 1.82) is 0 Å². The van der Waals surface area contributed by atoms with E-state index in [1.165, 1.54) is 33.8 Å². The Labute approximate surface area is 234 Å². The largest absolute Gasteiger partial charge is 0.308 e. The van der Waals surface area contributed by atoms with Gasteiger partial charge in [-0.3, -0.25) is 9.97 Å². The molecule has 7 aromatic rings. The fraction of sp³-hybridized carbons (Fsp3) is 0.222. The molecule has 1 atom stereocenters. The van der Waals surface area contributed by atoms with Gasteiger partial charge in [0.15, 0.2) is 0 Å². The van der Waals surface area contributed by atoms with Crippen molar-refractivity contribution in [3.05, 3.63) is 109 Å². The van der Waals surface area contributed by atoms with Gasteiger partial charge in [-0.1, -0.05) is 64.1 Å². The molecule has 0 bridgehead atoms. The number of hydrogen-bond acceptors (Lipinski definition) is 2. The highest BCUT2D eigenvalue weighted by Gasteiger charge is 2.20. The van der Waals surface area contributed by atoms with Gasteiger partial charge in [0.25, 0.3) is 0 Å². The number of fused-ring (bicyclic) bond motifs is 6. The molecule has 0 aliphatic carbocycles. The molecule has 0 fully saturated rings. The SMILES string of the molecule is CC(Cc1cc(-n2c3ccccc3c3ncccc32)cc(-n2c3ccccc3c3ncccc32)c1)CC(C)(C)C. The number of aromatic nitrogens is 4. The summed E-state index contributed by atoms with van der Waals surface area (Å²) in [5.74, 6) is 0.558. The summed E-state index contributed by atoms with van der Waals surface area (Å²) in [6.07, 6.45) is 5.97. The van der Waals surface area contributed by atoms with Crippen molar-refractivity contribution in [3.8, 4) is 11.4 Å². The molecule has 40 heavy (non-hydrogen) atoms. The van der Waals surface area contributed by atoms with E-state index in [1.807, 2.05) is 24.5 Å². The van der Waals surface area contributed by atoms with Crippen LogP contribution in [0, 0.1) is 11.3 Å². The van der Waals surface area contributed by atoms with Gasteiger partial charge in [-0.05, 0) is 84.3 Å². The van der Waals surface area contributed by atoms with Crippen molar-refractivity contribution >= 4 is 43.9 Å². The number of hydrogen-bond donors (Lipinski definition) is 0. The third kappa shape index (κ3) is 4.15. The summed E-state index contributed by atoms with van der Waals surface area (Å²) in [7, 11) is 0. The number of pyridine rings is 2. The minimum Gasteiger partial charge on any atom is -0.308 e. The Morgan fingerprint density at radius 2 is 1.10 bits per heavy atom. The third-order valence-electron chi connectivity index (χ3n) is 7.88. The Hall–Kier alpha value is -4.44. The molecule has 4 heterocycles. The van der Waals surface area contributed by atoms with E-state index < -0.39 is 0 Å². The molecule has 3 aromatic carbocycles. The second-order valence-corrected chi connectivity index (χ2v) is 12.4. The standard InChI is InChI=1S/C36H34N4/c1-24(23-36(2,3)4)19-25-20-26(39-30-13-7-5-11-28(30)34-32(39)15-9-17-37-34)22-27(21-25)40-31-14-8-6-12-29(31)35-33(40)16-10-18-38-35/h5-18,20-22,24H,19,23H2,1-4H3. The lowest BCUT2D eigenvalue weighted by Gasteiger charge is -2.24. The Bertz CT molecular complexity index is 1780. The lowest BCUT2D eigenvalue weighted by atomic mass is 9.83. The molecular weight excluding hydrogens is 488 g/mol. The fourth-order valence-electron chi connectivity index (χ4n) is 6.68. The van der Waals surface area contributed by atoms with E-state index in [9.17, 15) is 0 Å². The van der Waals surface area contributed by atoms with E-state index in [2.05, 4.69) is 116 Å². The molecule has 0 radical (unpaired) electrons. The van der Waals surface area contributed by atoms with Crippen molar-refractivity contribution in [1.82, 2.24) is 19.1 Å². The summed E-state index contributed by atoms with van der Waals surface area (Å²) in [5.41, 5.74) is 10.6. The van der Waals surface area contributed by atoms with Crippen LogP contribution in [-0.2, 0) is 6.42 Å². The van der Waals surface area contributed by atoms with Crippen LogP contribution in [0.1, 0.15) is 39.7 Å². The first-order valence-electron chi connectivity index (χ1n) is 14.2. The van der Waals surface area contributed by atoms with Crippen molar-refractivity contribution in [3.63, 3.8) is 0 Å². The molecule has 0 saturated carbocycles. The van der Waals surface area contributed by atoms with Gasteiger partial charge in [-0.15, -0.1) is 0 Å². The van der Waals surface area contributed by atoms with Crippen molar-refractivity contribution in [2.24, 2.45) is 11.3 Å². The maximum Gasteiger partial charge on any atom is 0.0963 e. The molecule has 0 amide bonds. The normalized spacial score (nSPS) is 13.1. The second kappa shape index (κ2) is 9.34. The topological polar surface area (TPSA) is 35.6 Å². The van der Waals surface area contributed by atoms with Crippen LogP contribution in [0.4, 0.5) is 0 Å². The van der Waals surface area contributed by atoms with Gasteiger partial charge >= 0.3 is 0 Å². The van der Waals surface area contributed by atoms with Gasteiger partial charge in [0, 0.05) is 34.5 Å². The summed E-state index contributed by atoms with van der Waals surface area (Å²) in [5, 5.41) is 2.35. The van der Waals surface area contributed by atoms with E-state index in [0.717, 1.165) is 39.9 Å². The van der Waals surface area contributed by atoms with Crippen molar-refractivity contribution < 1.29 is 0 Å². The molecule has 4 heteroatoms. The highest BCUT2D eigenvalue weighted by molar-refractivity contribution is 6.08. The Morgan fingerprint density at radius 3 is 1.60 bits per heavy atom. The summed E-state index contributed by atoms with van der Waals surface area (Å²) >= 11 is 0. The minimum absolute atomic E-state index is 0.289. The van der Waals surface area contributed by atoms with Crippen LogP contribution in [0.5, 0.6) is 0 Å². The number of rotatable bonds is 5. The molecule has 198 valence electrons. The van der Waals surface area contributed by atoms with E-state index in [-0.39, 0.29) is 5.41 Å². The lowest BCUT2D eigenvalue weighted by molar-refractivity contribution is 0.306. The van der Waals surface area contributed by atoms with Crippen molar-refractivity contribution in [2.75, 3.05) is 0 Å². The Balaban J connectivity index is 1.52. The zero-order chi connectivity index (χ0) is 27.4. The Morgan fingerprint density at radius 1 is 0.625 bits per heavy atom. The van der Waals surface area contributed by atoms with E-state index in [1.54, 1.807) is 0 Å². The van der Waals surface area contributed by atoms with Gasteiger partial charge in [-0.25, -0.2) is 0 Å².